The molecule has 236 valence electrons. The summed E-state index contributed by atoms with van der Waals surface area (Å²) in [5.74, 6) is -0.374. The van der Waals surface area contributed by atoms with Crippen LogP contribution in [-0.2, 0) is 4.79 Å². The van der Waals surface area contributed by atoms with Gasteiger partial charge in [-0.2, -0.15) is 37.0 Å². The van der Waals surface area contributed by atoms with Gasteiger partial charge in [0.25, 0.3) is 0 Å². The maximum Gasteiger partial charge on any atom is 0.319 e. The van der Waals surface area contributed by atoms with Crippen LogP contribution in [0.5, 0.6) is 6.01 Å². The summed E-state index contributed by atoms with van der Waals surface area (Å²) < 4.78 is 22.7. The number of anilines is 1. The van der Waals surface area contributed by atoms with E-state index in [9.17, 15) is 4.79 Å². The number of ether oxygens (including phenoxy) is 1. The van der Waals surface area contributed by atoms with E-state index in [0.29, 0.717) is 53.4 Å². The van der Waals surface area contributed by atoms with E-state index < -0.39 is 5.82 Å². The third-order valence-corrected chi connectivity index (χ3v) is 8.69. The Labute approximate surface area is 280 Å². The van der Waals surface area contributed by atoms with Crippen molar-refractivity contribution in [2.24, 2.45) is 0 Å². The van der Waals surface area contributed by atoms with Crippen molar-refractivity contribution in [3.05, 3.63) is 77.5 Å². The number of nitrogens with zero attached hydrogens (tertiary/aromatic N) is 7. The molecule has 0 unspecified atom stereocenters. The number of rotatable bonds is 7. The molecule has 4 heterocycles. The fourth-order valence-corrected chi connectivity index (χ4v) is 6.37. The van der Waals surface area contributed by atoms with Crippen molar-refractivity contribution in [2.75, 3.05) is 51.3 Å². The molecule has 2 fully saturated rings. The molecular weight excluding hydrogens is 633 g/mol. The second-order valence-corrected chi connectivity index (χ2v) is 11.3. The zero-order valence-electron chi connectivity index (χ0n) is 24.8. The van der Waals surface area contributed by atoms with Gasteiger partial charge in [0.15, 0.2) is 5.82 Å². The maximum absolute atomic E-state index is 16.6. The van der Waals surface area contributed by atoms with Crippen LogP contribution in [0.2, 0.25) is 5.02 Å². The van der Waals surface area contributed by atoms with Gasteiger partial charge in [-0.3, -0.25) is 9.78 Å². The van der Waals surface area contributed by atoms with Crippen LogP contribution < -0.4 is 9.64 Å². The van der Waals surface area contributed by atoms with Crippen molar-refractivity contribution in [3.63, 3.8) is 0 Å². The fourth-order valence-electron chi connectivity index (χ4n) is 6.08. The second kappa shape index (κ2) is 14.6. The highest BCUT2D eigenvalue weighted by atomic mass is 35.5. The number of hydrogen-bond donors (Lipinski definition) is 0. The summed E-state index contributed by atoms with van der Waals surface area (Å²) in [5.41, 5.74) is 0.774. The number of likely N-dealkylation sites (tertiary alicyclic amines) is 1. The van der Waals surface area contributed by atoms with Gasteiger partial charge in [0.2, 0.25) is 12.5 Å². The predicted octanol–water partition coefficient (Wildman–Crippen LogP) is 5.46. The van der Waals surface area contributed by atoms with E-state index in [-0.39, 0.29) is 68.7 Å². The molecule has 2 saturated heterocycles. The zero-order valence-corrected chi connectivity index (χ0v) is 27.6. The molecule has 2 atom stereocenters. The average Bonchev–Trinajstić information content (AvgIpc) is 3.44. The minimum atomic E-state index is -0.602. The summed E-state index contributed by atoms with van der Waals surface area (Å²) in [5, 5.41) is 2.50. The van der Waals surface area contributed by atoms with Crippen LogP contribution in [0, 0.1) is 12.4 Å². The number of piperazine rings is 1. The number of halogens is 2. The van der Waals surface area contributed by atoms with Crippen LogP contribution in [0.25, 0.3) is 37.8 Å². The lowest BCUT2D eigenvalue weighted by Gasteiger charge is -2.39. The van der Waals surface area contributed by atoms with Crippen LogP contribution in [-0.4, -0.2) is 89.1 Å². The number of aromatic nitrogens is 3. The van der Waals surface area contributed by atoms with Crippen molar-refractivity contribution >= 4 is 72.0 Å². The van der Waals surface area contributed by atoms with Crippen molar-refractivity contribution in [1.29, 1.82) is 0 Å². The molecule has 0 bridgehead atoms. The minimum Gasteiger partial charge on any atom is -0.462 e. The molecule has 0 saturated carbocycles. The number of carbonyl (C=O) groups is 1. The number of amides is 1. The molecule has 6 rings (SSSR count). The molecule has 2 aromatic carbocycles. The smallest absolute Gasteiger partial charge is 0.319 e. The van der Waals surface area contributed by atoms with Gasteiger partial charge in [0.05, 0.1) is 5.39 Å². The Hall–Kier alpha value is -3.63. The quantitative estimate of drug-likeness (QED) is 0.191. The second-order valence-electron chi connectivity index (χ2n) is 10.9. The topological polar surface area (TPSA) is 79.1 Å². The highest BCUT2D eigenvalue weighted by Gasteiger charge is 2.34. The first-order valence-corrected chi connectivity index (χ1v) is 14.7. The molecule has 4 aromatic rings. The first kappa shape index (κ1) is 34.2. The monoisotopic (exact) mass is 667 g/mol. The Morgan fingerprint density at radius 3 is 2.67 bits per heavy atom. The molecule has 0 aliphatic carbocycles. The molecule has 0 spiro atoms. The van der Waals surface area contributed by atoms with Gasteiger partial charge in [-0.1, -0.05) is 48.5 Å². The molecule has 2 aliphatic heterocycles. The van der Waals surface area contributed by atoms with Gasteiger partial charge in [0, 0.05) is 47.8 Å². The largest absolute Gasteiger partial charge is 0.462 e. The molecule has 2 aliphatic rings. The third-order valence-electron chi connectivity index (χ3n) is 8.37. The number of pyridine rings is 1. The van der Waals surface area contributed by atoms with Crippen LogP contribution in [0.3, 0.4) is 0 Å². The number of benzene rings is 2. The molecule has 0 radical (unpaired) electrons. The number of fused-ring (bicyclic) bond motifs is 2. The summed E-state index contributed by atoms with van der Waals surface area (Å²) in [7, 11) is 2.06. The third kappa shape index (κ3) is 6.67. The summed E-state index contributed by atoms with van der Waals surface area (Å²) in [6.45, 7) is 13.7. The first-order valence-electron chi connectivity index (χ1n) is 14.3. The van der Waals surface area contributed by atoms with Gasteiger partial charge in [-0.25, -0.2) is 11.0 Å². The van der Waals surface area contributed by atoms with Crippen molar-refractivity contribution in [3.8, 4) is 17.3 Å². The summed E-state index contributed by atoms with van der Waals surface area (Å²) >= 11 is 6.57. The predicted molar refractivity (Wildman–Crippen MR) is 187 cm³/mol. The highest BCUT2D eigenvalue weighted by Crippen LogP contribution is 2.37. The maximum atomic E-state index is 16.6. The first-order chi connectivity index (χ1) is 20.9. The van der Waals surface area contributed by atoms with Crippen LogP contribution in [0.4, 0.5) is 10.2 Å². The lowest BCUT2D eigenvalue weighted by molar-refractivity contribution is -0.128. The minimum absolute atomic E-state index is 0. The summed E-state index contributed by atoms with van der Waals surface area (Å²) in [6.07, 6.45) is 4.93. The van der Waals surface area contributed by atoms with Crippen LogP contribution >= 0.6 is 38.6 Å². The Balaban J connectivity index is 0.00000230. The molecule has 13 heteroatoms. The lowest BCUT2D eigenvalue weighted by atomic mass is 10.0. The van der Waals surface area contributed by atoms with Gasteiger partial charge >= 0.3 is 6.01 Å². The van der Waals surface area contributed by atoms with Crippen molar-refractivity contribution in [1.82, 2.24) is 24.8 Å². The van der Waals surface area contributed by atoms with E-state index in [2.05, 4.69) is 33.3 Å². The number of likely N-dealkylation sites (N-methyl/N-ethyl adjacent to an activating group) is 1. The van der Waals surface area contributed by atoms with Gasteiger partial charge < -0.3 is 24.3 Å². The van der Waals surface area contributed by atoms with Gasteiger partial charge in [0.1, 0.15) is 29.7 Å². The number of hydrogen-bond acceptors (Lipinski definition) is 7. The Kier molecular flexibility index (Phi) is 11.1. The molecule has 9 nitrogen and oxygen atoms in total. The Morgan fingerprint density at radius 1 is 1.18 bits per heavy atom. The summed E-state index contributed by atoms with van der Waals surface area (Å²) in [6, 6.07) is 11.0. The lowest BCUT2D eigenvalue weighted by Crippen LogP contribution is -2.56. The van der Waals surface area contributed by atoms with Gasteiger partial charge in [-0.15, -0.1) is 0 Å². The van der Waals surface area contributed by atoms with Crippen molar-refractivity contribution in [2.45, 2.75) is 24.9 Å². The molecule has 2 aromatic heterocycles. The van der Waals surface area contributed by atoms with E-state index >= 15 is 4.39 Å². The molecule has 45 heavy (non-hydrogen) atoms. The van der Waals surface area contributed by atoms with E-state index in [1.54, 1.807) is 23.2 Å². The molecule has 0 N–H and O–H groups in total. The van der Waals surface area contributed by atoms with E-state index in [1.807, 2.05) is 29.2 Å². The van der Waals surface area contributed by atoms with Crippen molar-refractivity contribution < 1.29 is 13.9 Å². The standard InChI is InChI=1S/C32H31ClFN7O2.2H2S/c1-4-26(42)41-15-14-40(18-22(41)16-35-2)31-24-17-36-29(23-11-5-8-20-9-6-12-25(33)27(20)23)28(34)30(24)37-32(38-31)43-19-21-10-7-13-39(21)3;;/h4-6,8-9,11-12,17,21-22H,1,7,10,13-16,18-19H2,3H3;2*1H2/t21-,22-;;/m0../s1. The Bertz CT molecular complexity index is 1770. The van der Waals surface area contributed by atoms with E-state index in [4.69, 9.17) is 27.9 Å². The molecule has 1 amide bonds. The SMILES string of the molecule is S.S.[C-]#[N+]C[C@H]1CN(c2nc(OC[C@@H]3CCCN3C)nc3c(F)c(-c4cccc5cccc(Cl)c45)ncc23)CCN1C(=O)C=C. The zero-order chi connectivity index (χ0) is 30.1. The average molecular weight is 668 g/mol. The normalized spacial score (nSPS) is 18.3. The van der Waals surface area contributed by atoms with E-state index in [0.717, 1.165) is 24.8 Å². The fraction of sp³-hybridized carbons (Fsp3) is 0.344. The Morgan fingerprint density at radius 2 is 1.96 bits per heavy atom. The number of carbonyl (C=O) groups excluding carboxylic acids is 1. The van der Waals surface area contributed by atoms with Crippen LogP contribution in [0.1, 0.15) is 12.8 Å². The van der Waals surface area contributed by atoms with E-state index in [1.165, 1.54) is 6.08 Å². The van der Waals surface area contributed by atoms with Gasteiger partial charge in [-0.05, 0) is 44.0 Å². The van der Waals surface area contributed by atoms with Crippen LogP contribution in [0.15, 0.2) is 55.3 Å². The molecular formula is C32H35ClFN7O2S2. The highest BCUT2D eigenvalue weighted by molar-refractivity contribution is 7.59. The summed E-state index contributed by atoms with van der Waals surface area (Å²) in [4.78, 5) is 35.8.